The number of unbranched alkanes of at least 4 members (excludes halogenated alkanes) is 25. The Bertz CT molecular complexity index is 724. The van der Waals surface area contributed by atoms with E-state index in [0.717, 1.165) is 32.1 Å². The maximum atomic E-state index is 12.5. The SMILES string of the molecule is CCCCCCCCCCCCCCCCCCCCCOCC(COP(=O)(O)OCC(O)CO)OC(=O)CCCCCCCCCC. The summed E-state index contributed by atoms with van der Waals surface area (Å²) in [4.78, 5) is 22.4. The van der Waals surface area contributed by atoms with E-state index in [1.54, 1.807) is 0 Å². The average molecular weight is 709 g/mol. The number of rotatable bonds is 39. The van der Waals surface area contributed by atoms with Crippen LogP contribution in [0.2, 0.25) is 0 Å². The number of aliphatic hydroxyl groups excluding tert-OH is 2. The summed E-state index contributed by atoms with van der Waals surface area (Å²) in [6, 6.07) is 0. The molecule has 0 saturated heterocycles. The Balaban J connectivity index is 4.03. The first-order chi connectivity index (χ1) is 23.3. The van der Waals surface area contributed by atoms with Crippen molar-refractivity contribution in [3.8, 4) is 0 Å². The zero-order valence-corrected chi connectivity index (χ0v) is 32.1. The summed E-state index contributed by atoms with van der Waals surface area (Å²) in [7, 11) is -4.50. The monoisotopic (exact) mass is 709 g/mol. The molecule has 0 bridgehead atoms. The van der Waals surface area contributed by atoms with Gasteiger partial charge in [0.2, 0.25) is 0 Å². The number of hydrogen-bond donors (Lipinski definition) is 3. The van der Waals surface area contributed by atoms with Crippen molar-refractivity contribution >= 4 is 13.8 Å². The van der Waals surface area contributed by atoms with Gasteiger partial charge >= 0.3 is 13.8 Å². The van der Waals surface area contributed by atoms with Crippen LogP contribution in [0.15, 0.2) is 0 Å². The van der Waals surface area contributed by atoms with Crippen LogP contribution in [0.3, 0.4) is 0 Å². The Morgan fingerprint density at radius 1 is 0.562 bits per heavy atom. The quantitative estimate of drug-likeness (QED) is 0.0324. The molecule has 3 atom stereocenters. The molecule has 0 aromatic rings. The van der Waals surface area contributed by atoms with Crippen LogP contribution in [0.4, 0.5) is 0 Å². The highest BCUT2D eigenvalue weighted by molar-refractivity contribution is 7.47. The summed E-state index contributed by atoms with van der Waals surface area (Å²) in [6.45, 7) is 3.52. The second-order valence-corrected chi connectivity index (χ2v) is 15.1. The van der Waals surface area contributed by atoms with Gasteiger partial charge in [-0.05, 0) is 12.8 Å². The van der Waals surface area contributed by atoms with Crippen LogP contribution < -0.4 is 0 Å². The summed E-state index contributed by atoms with van der Waals surface area (Å²) in [5.41, 5.74) is 0. The largest absolute Gasteiger partial charge is 0.472 e. The van der Waals surface area contributed by atoms with Gasteiger partial charge < -0.3 is 24.6 Å². The number of phosphoric ester groups is 1. The van der Waals surface area contributed by atoms with Crippen LogP contribution in [0.25, 0.3) is 0 Å². The molecule has 0 aliphatic carbocycles. The average Bonchev–Trinajstić information content (AvgIpc) is 3.07. The molecule has 0 amide bonds. The van der Waals surface area contributed by atoms with E-state index in [1.807, 2.05) is 0 Å². The first-order valence-corrected chi connectivity index (χ1v) is 21.5. The van der Waals surface area contributed by atoms with Crippen LogP contribution in [0.1, 0.15) is 194 Å². The lowest BCUT2D eigenvalue weighted by atomic mass is 10.0. The van der Waals surface area contributed by atoms with Crippen molar-refractivity contribution < 1.29 is 43.0 Å². The summed E-state index contributed by atoms with van der Waals surface area (Å²) in [5, 5.41) is 18.3. The molecule has 0 saturated carbocycles. The molecule has 0 aliphatic heterocycles. The lowest BCUT2D eigenvalue weighted by Crippen LogP contribution is -2.29. The number of ether oxygens (including phenoxy) is 2. The van der Waals surface area contributed by atoms with Gasteiger partial charge in [-0.3, -0.25) is 13.8 Å². The minimum absolute atomic E-state index is 0.0570. The smallest absolute Gasteiger partial charge is 0.457 e. The van der Waals surface area contributed by atoms with Gasteiger partial charge in [0.15, 0.2) is 0 Å². The summed E-state index contributed by atoms with van der Waals surface area (Å²) in [5.74, 6) is -0.383. The van der Waals surface area contributed by atoms with E-state index in [2.05, 4.69) is 13.8 Å². The Hall–Kier alpha value is -0.540. The number of carbonyl (C=O) groups is 1. The highest BCUT2D eigenvalue weighted by Crippen LogP contribution is 2.43. The van der Waals surface area contributed by atoms with E-state index in [0.29, 0.717) is 6.61 Å². The molecule has 48 heavy (non-hydrogen) atoms. The van der Waals surface area contributed by atoms with E-state index in [-0.39, 0.29) is 25.6 Å². The predicted octanol–water partition coefficient (Wildman–Crippen LogP) is 10.4. The third-order valence-corrected chi connectivity index (χ3v) is 9.74. The maximum Gasteiger partial charge on any atom is 0.472 e. The number of esters is 1. The minimum atomic E-state index is -4.50. The van der Waals surface area contributed by atoms with Gasteiger partial charge in [-0.25, -0.2) is 4.57 Å². The molecule has 10 heteroatoms. The molecule has 0 aromatic carbocycles. The van der Waals surface area contributed by atoms with Gasteiger partial charge in [0.25, 0.3) is 0 Å². The number of carbonyl (C=O) groups excluding carboxylic acids is 1. The van der Waals surface area contributed by atoms with Gasteiger partial charge in [-0.15, -0.1) is 0 Å². The fourth-order valence-corrected chi connectivity index (χ4v) is 6.50. The van der Waals surface area contributed by atoms with Crippen LogP contribution in [0.5, 0.6) is 0 Å². The van der Waals surface area contributed by atoms with Gasteiger partial charge in [0, 0.05) is 13.0 Å². The van der Waals surface area contributed by atoms with E-state index < -0.39 is 33.2 Å². The lowest BCUT2D eigenvalue weighted by molar-refractivity contribution is -0.154. The Labute approximate surface area is 295 Å². The molecule has 0 radical (unpaired) electrons. The molecule has 0 heterocycles. The molecule has 288 valence electrons. The fourth-order valence-electron chi connectivity index (χ4n) is 5.71. The van der Waals surface area contributed by atoms with Gasteiger partial charge in [-0.2, -0.15) is 0 Å². The maximum absolute atomic E-state index is 12.5. The second-order valence-electron chi connectivity index (χ2n) is 13.7. The van der Waals surface area contributed by atoms with Crippen LogP contribution in [-0.4, -0.2) is 66.3 Å². The van der Waals surface area contributed by atoms with Crippen molar-refractivity contribution in [1.82, 2.24) is 0 Å². The molecule has 0 aliphatic rings. The zero-order valence-electron chi connectivity index (χ0n) is 31.2. The van der Waals surface area contributed by atoms with Crippen molar-refractivity contribution in [3.05, 3.63) is 0 Å². The van der Waals surface area contributed by atoms with Crippen molar-refractivity contribution in [2.45, 2.75) is 206 Å². The number of phosphoric acid groups is 1. The standard InChI is InChI=1S/C38H77O9P/c1-3-5-7-9-11-13-14-15-16-17-18-19-20-21-22-23-25-27-29-31-44-34-37(35-46-48(42,43)45-33-36(40)32-39)47-38(41)30-28-26-24-12-10-8-6-4-2/h36-37,39-40H,3-35H2,1-2H3,(H,42,43). The van der Waals surface area contributed by atoms with Gasteiger partial charge in [0.05, 0.1) is 26.4 Å². The normalized spacial score (nSPS) is 14.2. The van der Waals surface area contributed by atoms with Gasteiger partial charge in [0.1, 0.15) is 12.2 Å². The van der Waals surface area contributed by atoms with E-state index >= 15 is 0 Å². The molecule has 0 fully saturated rings. The van der Waals surface area contributed by atoms with E-state index in [4.69, 9.17) is 23.6 Å². The molecule has 0 spiro atoms. The molecule has 3 unspecified atom stereocenters. The molecular formula is C38H77O9P. The Kier molecular flexibility index (Phi) is 35.8. The molecule has 0 rings (SSSR count). The van der Waals surface area contributed by atoms with Crippen molar-refractivity contribution in [3.63, 3.8) is 0 Å². The summed E-state index contributed by atoms with van der Waals surface area (Å²) < 4.78 is 33.2. The molecular weight excluding hydrogens is 631 g/mol. The van der Waals surface area contributed by atoms with Crippen molar-refractivity contribution in [2.75, 3.05) is 33.0 Å². The van der Waals surface area contributed by atoms with E-state index in [1.165, 1.54) is 141 Å². The van der Waals surface area contributed by atoms with E-state index in [9.17, 15) is 19.4 Å². The first kappa shape index (κ1) is 47.5. The third kappa shape index (κ3) is 35.3. The predicted molar refractivity (Wildman–Crippen MR) is 196 cm³/mol. The number of hydrogen-bond acceptors (Lipinski definition) is 8. The van der Waals surface area contributed by atoms with Crippen LogP contribution in [0, 0.1) is 0 Å². The highest BCUT2D eigenvalue weighted by atomic mass is 31.2. The lowest BCUT2D eigenvalue weighted by Gasteiger charge is -2.20. The zero-order chi connectivity index (χ0) is 35.4. The Morgan fingerprint density at radius 3 is 1.35 bits per heavy atom. The summed E-state index contributed by atoms with van der Waals surface area (Å²) >= 11 is 0. The van der Waals surface area contributed by atoms with Crippen molar-refractivity contribution in [1.29, 1.82) is 0 Å². The van der Waals surface area contributed by atoms with Crippen LogP contribution in [-0.2, 0) is 27.9 Å². The highest BCUT2D eigenvalue weighted by Gasteiger charge is 2.26. The molecule has 3 N–H and O–H groups in total. The Morgan fingerprint density at radius 2 is 0.938 bits per heavy atom. The van der Waals surface area contributed by atoms with Crippen LogP contribution >= 0.6 is 7.82 Å². The minimum Gasteiger partial charge on any atom is -0.457 e. The second kappa shape index (κ2) is 36.3. The first-order valence-electron chi connectivity index (χ1n) is 20.0. The fraction of sp³-hybridized carbons (Fsp3) is 0.974. The van der Waals surface area contributed by atoms with Crippen molar-refractivity contribution in [2.24, 2.45) is 0 Å². The topological polar surface area (TPSA) is 132 Å². The molecule has 9 nitrogen and oxygen atoms in total. The molecule has 0 aromatic heterocycles. The van der Waals surface area contributed by atoms with Gasteiger partial charge in [-0.1, -0.05) is 174 Å². The third-order valence-electron chi connectivity index (χ3n) is 8.79. The summed E-state index contributed by atoms with van der Waals surface area (Å²) in [6.07, 6.45) is 32.2. The number of aliphatic hydroxyl groups is 2.